The Morgan fingerprint density at radius 2 is 2.04 bits per heavy atom. The molecule has 0 saturated carbocycles. The Balaban J connectivity index is 1.65. The summed E-state index contributed by atoms with van der Waals surface area (Å²) in [5.41, 5.74) is 1.39. The van der Waals surface area contributed by atoms with Gasteiger partial charge in [-0.05, 0) is 12.1 Å². The molecule has 0 aliphatic carbocycles. The first kappa shape index (κ1) is 17.5. The van der Waals surface area contributed by atoms with E-state index in [1.807, 2.05) is 13.0 Å². The highest BCUT2D eigenvalue weighted by Crippen LogP contribution is 2.36. The number of aliphatic hydroxyl groups excluding tert-OH is 2. The molecule has 1 saturated heterocycles. The van der Waals surface area contributed by atoms with Crippen LogP contribution in [0.3, 0.4) is 0 Å². The highest BCUT2D eigenvalue weighted by molar-refractivity contribution is 6.06. The second-order valence-electron chi connectivity index (χ2n) is 6.46. The lowest BCUT2D eigenvalue weighted by atomic mass is 10.0. The largest absolute Gasteiger partial charge is 0.394 e. The highest BCUT2D eigenvalue weighted by atomic mass is 16.5. The number of ether oxygens (including phenoxy) is 1. The molecule has 1 aromatic carbocycles. The molecule has 140 valence electrons. The summed E-state index contributed by atoms with van der Waals surface area (Å²) in [5.74, 6) is -0.277. The zero-order valence-electron chi connectivity index (χ0n) is 14.6. The SMILES string of the molecule is C[C@H]1[C@H](O)[C@@H](CO)O[C@H]1n1cnc2c(NC(=O)c3ccccc3)ncnc21. The van der Waals surface area contributed by atoms with Gasteiger partial charge in [-0.1, -0.05) is 25.1 Å². The molecule has 3 aromatic rings. The van der Waals surface area contributed by atoms with E-state index < -0.39 is 18.4 Å². The van der Waals surface area contributed by atoms with Crippen molar-refractivity contribution in [1.82, 2.24) is 19.5 Å². The molecule has 0 spiro atoms. The molecule has 0 radical (unpaired) electrons. The Hall–Kier alpha value is -2.88. The monoisotopic (exact) mass is 369 g/mol. The van der Waals surface area contributed by atoms with Crippen molar-refractivity contribution in [2.75, 3.05) is 11.9 Å². The van der Waals surface area contributed by atoms with Gasteiger partial charge in [0.25, 0.3) is 5.91 Å². The number of carbonyl (C=O) groups excluding carboxylic acids is 1. The van der Waals surface area contributed by atoms with Crippen LogP contribution in [0, 0.1) is 5.92 Å². The van der Waals surface area contributed by atoms with Gasteiger partial charge in [0.15, 0.2) is 17.0 Å². The van der Waals surface area contributed by atoms with E-state index in [4.69, 9.17) is 4.74 Å². The fourth-order valence-corrected chi connectivity index (χ4v) is 3.26. The van der Waals surface area contributed by atoms with Crippen LogP contribution in [0.2, 0.25) is 0 Å². The highest BCUT2D eigenvalue weighted by Gasteiger charge is 2.42. The van der Waals surface area contributed by atoms with Crippen molar-refractivity contribution < 1.29 is 19.7 Å². The molecule has 9 heteroatoms. The maximum atomic E-state index is 12.4. The van der Waals surface area contributed by atoms with Crippen LogP contribution >= 0.6 is 0 Å². The Bertz CT molecular complexity index is 961. The Morgan fingerprint density at radius 1 is 1.26 bits per heavy atom. The van der Waals surface area contributed by atoms with E-state index in [0.717, 1.165) is 0 Å². The number of amides is 1. The molecule has 3 N–H and O–H groups in total. The molecule has 1 amide bonds. The molecule has 1 fully saturated rings. The first-order valence-corrected chi connectivity index (χ1v) is 8.58. The number of nitrogens with one attached hydrogen (secondary N) is 1. The molecular weight excluding hydrogens is 350 g/mol. The summed E-state index contributed by atoms with van der Waals surface area (Å²) in [7, 11) is 0. The van der Waals surface area contributed by atoms with Crippen molar-refractivity contribution in [2.45, 2.75) is 25.4 Å². The lowest BCUT2D eigenvalue weighted by Gasteiger charge is -2.17. The van der Waals surface area contributed by atoms with E-state index in [0.29, 0.717) is 16.7 Å². The summed E-state index contributed by atoms with van der Waals surface area (Å²) < 4.78 is 7.43. The van der Waals surface area contributed by atoms with Crippen molar-refractivity contribution in [3.8, 4) is 0 Å². The molecule has 0 unspecified atom stereocenters. The number of rotatable bonds is 4. The number of aromatic nitrogens is 4. The zero-order valence-corrected chi connectivity index (χ0v) is 14.6. The van der Waals surface area contributed by atoms with E-state index in [1.54, 1.807) is 28.8 Å². The number of hydrogen-bond donors (Lipinski definition) is 3. The number of benzene rings is 1. The third kappa shape index (κ3) is 3.05. The number of carbonyl (C=O) groups is 1. The number of aliphatic hydroxyl groups is 2. The van der Waals surface area contributed by atoms with Crippen molar-refractivity contribution in [2.24, 2.45) is 5.92 Å². The molecule has 0 bridgehead atoms. The first-order valence-electron chi connectivity index (χ1n) is 8.58. The minimum absolute atomic E-state index is 0.267. The third-order valence-corrected chi connectivity index (χ3v) is 4.76. The summed E-state index contributed by atoms with van der Waals surface area (Å²) in [6.07, 6.45) is 0.874. The van der Waals surface area contributed by atoms with Gasteiger partial charge in [-0.15, -0.1) is 0 Å². The predicted octanol–water partition coefficient (Wildman–Crippen LogP) is 0.965. The number of fused-ring (bicyclic) bond motifs is 1. The van der Waals surface area contributed by atoms with E-state index in [1.165, 1.54) is 12.7 Å². The van der Waals surface area contributed by atoms with Gasteiger partial charge < -0.3 is 20.3 Å². The van der Waals surface area contributed by atoms with E-state index >= 15 is 0 Å². The van der Waals surface area contributed by atoms with Gasteiger partial charge in [0.1, 0.15) is 18.7 Å². The number of imidazole rings is 1. The molecular formula is C18H19N5O4. The fraction of sp³-hybridized carbons (Fsp3) is 0.333. The van der Waals surface area contributed by atoms with Crippen LogP contribution in [0.25, 0.3) is 11.2 Å². The predicted molar refractivity (Wildman–Crippen MR) is 95.9 cm³/mol. The molecule has 9 nitrogen and oxygen atoms in total. The van der Waals surface area contributed by atoms with Gasteiger partial charge >= 0.3 is 0 Å². The van der Waals surface area contributed by atoms with Crippen molar-refractivity contribution in [1.29, 1.82) is 0 Å². The van der Waals surface area contributed by atoms with Crippen LogP contribution in [-0.2, 0) is 4.74 Å². The summed E-state index contributed by atoms with van der Waals surface area (Å²) in [6, 6.07) is 8.80. The Labute approximate surface area is 154 Å². The molecule has 3 heterocycles. The first-order chi connectivity index (χ1) is 13.1. The van der Waals surface area contributed by atoms with Crippen molar-refractivity contribution in [3.63, 3.8) is 0 Å². The van der Waals surface area contributed by atoms with Crippen LogP contribution < -0.4 is 5.32 Å². The van der Waals surface area contributed by atoms with E-state index in [-0.39, 0.29) is 24.2 Å². The molecule has 2 aromatic heterocycles. The summed E-state index contributed by atoms with van der Waals surface area (Å²) in [6.45, 7) is 1.55. The fourth-order valence-electron chi connectivity index (χ4n) is 3.26. The number of hydrogen-bond acceptors (Lipinski definition) is 7. The topological polar surface area (TPSA) is 122 Å². The Kier molecular flexibility index (Phi) is 4.56. The quantitative estimate of drug-likeness (QED) is 0.626. The summed E-state index contributed by atoms with van der Waals surface area (Å²) >= 11 is 0. The van der Waals surface area contributed by atoms with Gasteiger partial charge in [-0.3, -0.25) is 9.36 Å². The van der Waals surface area contributed by atoms with Crippen LogP contribution in [0.4, 0.5) is 5.82 Å². The van der Waals surface area contributed by atoms with Gasteiger partial charge in [0, 0.05) is 11.5 Å². The average molecular weight is 369 g/mol. The lowest BCUT2D eigenvalue weighted by Crippen LogP contribution is -2.28. The van der Waals surface area contributed by atoms with Gasteiger partial charge in [-0.2, -0.15) is 0 Å². The lowest BCUT2D eigenvalue weighted by molar-refractivity contribution is -0.0447. The number of nitrogens with zero attached hydrogens (tertiary/aromatic N) is 4. The van der Waals surface area contributed by atoms with Crippen molar-refractivity contribution >= 4 is 22.9 Å². The number of anilines is 1. The summed E-state index contributed by atoms with van der Waals surface area (Å²) in [4.78, 5) is 25.1. The van der Waals surface area contributed by atoms with Crippen LogP contribution in [0.15, 0.2) is 43.0 Å². The van der Waals surface area contributed by atoms with Crippen LogP contribution in [-0.4, -0.2) is 54.5 Å². The second-order valence-corrected chi connectivity index (χ2v) is 6.46. The minimum Gasteiger partial charge on any atom is -0.394 e. The van der Waals surface area contributed by atoms with Gasteiger partial charge in [0.2, 0.25) is 0 Å². The molecule has 27 heavy (non-hydrogen) atoms. The van der Waals surface area contributed by atoms with E-state index in [2.05, 4.69) is 20.3 Å². The minimum atomic E-state index is -0.795. The maximum Gasteiger partial charge on any atom is 0.256 e. The molecule has 1 aliphatic rings. The molecule has 1 aliphatic heterocycles. The molecule has 4 atom stereocenters. The zero-order chi connectivity index (χ0) is 19.0. The van der Waals surface area contributed by atoms with Crippen LogP contribution in [0.5, 0.6) is 0 Å². The normalized spacial score (nSPS) is 25.0. The molecule has 4 rings (SSSR count). The summed E-state index contributed by atoms with van der Waals surface area (Å²) in [5, 5.41) is 22.3. The second kappa shape index (κ2) is 7.03. The average Bonchev–Trinajstić information content (AvgIpc) is 3.25. The Morgan fingerprint density at radius 3 is 2.74 bits per heavy atom. The smallest absolute Gasteiger partial charge is 0.256 e. The third-order valence-electron chi connectivity index (χ3n) is 4.76. The van der Waals surface area contributed by atoms with Gasteiger partial charge in [0.05, 0.1) is 19.0 Å². The maximum absolute atomic E-state index is 12.4. The van der Waals surface area contributed by atoms with Gasteiger partial charge in [-0.25, -0.2) is 15.0 Å². The van der Waals surface area contributed by atoms with Crippen molar-refractivity contribution in [3.05, 3.63) is 48.5 Å². The standard InChI is InChI=1S/C18H19N5O4/c1-10-14(25)12(7-24)27-18(10)23-9-21-13-15(19-8-20-16(13)23)22-17(26)11-5-3-2-4-6-11/h2-6,8-10,12,14,18,24-25H,7H2,1H3,(H,19,20,22,26)/t10-,12+,14-,18+/m0/s1. The van der Waals surface area contributed by atoms with Crippen LogP contribution in [0.1, 0.15) is 23.5 Å². The van der Waals surface area contributed by atoms with E-state index in [9.17, 15) is 15.0 Å².